The fraction of sp³-hybridized carbons (Fsp3) is 0.375. The van der Waals surface area contributed by atoms with E-state index in [-0.39, 0.29) is 16.0 Å². The molecule has 0 bridgehead atoms. The van der Waals surface area contributed by atoms with Gasteiger partial charge in [0.05, 0.1) is 11.2 Å². The lowest BCUT2D eigenvalue weighted by atomic mass is 9.91. The van der Waals surface area contributed by atoms with Gasteiger partial charge in [-0.25, -0.2) is 9.97 Å². The summed E-state index contributed by atoms with van der Waals surface area (Å²) >= 11 is 7.05. The Labute approximate surface area is 159 Å². The number of nitrogens with one attached hydrogen (secondary N) is 2. The maximum atomic E-state index is 13.5. The maximum Gasteiger partial charge on any atom is 0.232 e. The number of nitrogens with two attached hydrogens (primary N) is 1. The molecule has 0 saturated carbocycles. The molecule has 1 aliphatic heterocycles. The lowest BCUT2D eigenvalue weighted by Crippen LogP contribution is -2.49. The summed E-state index contributed by atoms with van der Waals surface area (Å²) in [4.78, 5) is 10.8. The van der Waals surface area contributed by atoms with Crippen LogP contribution in [-0.4, -0.2) is 39.5 Å². The lowest BCUT2D eigenvalue weighted by molar-refractivity contribution is 0.361. The van der Waals surface area contributed by atoms with Gasteiger partial charge in [0.1, 0.15) is 10.5 Å². The molecule has 2 aromatic rings. The molecule has 138 valence electrons. The number of anilines is 1. The fourth-order valence-electron chi connectivity index (χ4n) is 2.71. The highest BCUT2D eigenvalue weighted by Gasteiger charge is 2.28. The van der Waals surface area contributed by atoms with Gasteiger partial charge >= 0.3 is 0 Å². The Bertz CT molecular complexity index is 889. The van der Waals surface area contributed by atoms with Gasteiger partial charge in [0, 0.05) is 35.9 Å². The van der Waals surface area contributed by atoms with Crippen molar-refractivity contribution >= 4 is 35.6 Å². The van der Waals surface area contributed by atoms with Crippen LogP contribution in [0.25, 0.3) is 0 Å². The van der Waals surface area contributed by atoms with Gasteiger partial charge in [-0.2, -0.15) is 4.39 Å². The first-order valence-corrected chi connectivity index (χ1v) is 9.20. The molecular weight excluding hydrogens is 377 g/mol. The van der Waals surface area contributed by atoms with Crippen LogP contribution in [0.2, 0.25) is 5.02 Å². The predicted octanol–water partition coefficient (Wildman–Crippen LogP) is 2.47. The highest BCUT2D eigenvalue weighted by molar-refractivity contribution is 7.99. The zero-order chi connectivity index (χ0) is 18.9. The molecule has 4 N–H and O–H groups in total. The van der Waals surface area contributed by atoms with E-state index in [0.717, 1.165) is 30.9 Å². The molecule has 0 spiro atoms. The summed E-state index contributed by atoms with van der Waals surface area (Å²) in [6.45, 7) is 3.44. The largest absolute Gasteiger partial charge is 0.342 e. The van der Waals surface area contributed by atoms with Crippen molar-refractivity contribution in [3.05, 3.63) is 34.9 Å². The second-order valence-corrected chi connectivity index (χ2v) is 7.89. The molecule has 0 radical (unpaired) electrons. The second-order valence-electron chi connectivity index (χ2n) is 6.43. The van der Waals surface area contributed by atoms with Crippen molar-refractivity contribution < 1.29 is 4.39 Å². The first-order valence-electron chi connectivity index (χ1n) is 8.01. The van der Waals surface area contributed by atoms with Crippen LogP contribution < -0.4 is 16.1 Å². The van der Waals surface area contributed by atoms with E-state index in [9.17, 15) is 4.39 Å². The average Bonchev–Trinajstić information content (AvgIpc) is 2.60. The van der Waals surface area contributed by atoms with Crippen molar-refractivity contribution in [1.29, 1.82) is 10.8 Å². The molecule has 0 unspecified atom stereocenters. The highest BCUT2D eigenvalue weighted by Crippen LogP contribution is 2.32. The molecule has 3 heterocycles. The number of aromatic nitrogens is 3. The molecule has 1 fully saturated rings. The van der Waals surface area contributed by atoms with E-state index in [1.165, 1.54) is 10.8 Å². The Morgan fingerprint density at radius 2 is 2.04 bits per heavy atom. The van der Waals surface area contributed by atoms with Crippen molar-refractivity contribution in [3.8, 4) is 0 Å². The monoisotopic (exact) mass is 395 g/mol. The molecule has 1 aliphatic rings. The van der Waals surface area contributed by atoms with Crippen LogP contribution in [0.3, 0.4) is 0 Å². The lowest BCUT2D eigenvalue weighted by Gasteiger charge is -2.37. The molecule has 3 rings (SSSR count). The predicted molar refractivity (Wildman–Crippen MR) is 99.6 cm³/mol. The molecule has 1 saturated heterocycles. The fourth-order valence-corrected chi connectivity index (χ4v) is 3.77. The Morgan fingerprint density at radius 3 is 2.69 bits per heavy atom. The number of nitrogens with zero attached hydrogens (tertiary/aromatic N) is 4. The summed E-state index contributed by atoms with van der Waals surface area (Å²) in [6, 6.07) is 1.57. The zero-order valence-electron chi connectivity index (χ0n) is 14.2. The number of rotatable bonds is 4. The molecular formula is C16H19ClFN7S. The van der Waals surface area contributed by atoms with E-state index in [1.807, 2.05) is 11.8 Å². The van der Waals surface area contributed by atoms with Crippen LogP contribution in [0.4, 0.5) is 10.3 Å². The second kappa shape index (κ2) is 7.34. The number of hydrogen-bond acceptors (Lipinski definition) is 7. The molecule has 26 heavy (non-hydrogen) atoms. The molecule has 7 nitrogen and oxygen atoms in total. The number of halogens is 2. The van der Waals surface area contributed by atoms with Crippen molar-refractivity contribution in [2.24, 2.45) is 5.73 Å². The van der Waals surface area contributed by atoms with Crippen LogP contribution in [-0.2, 0) is 0 Å². The Kier molecular flexibility index (Phi) is 5.31. The van der Waals surface area contributed by atoms with Crippen molar-refractivity contribution in [2.45, 2.75) is 35.1 Å². The van der Waals surface area contributed by atoms with Gasteiger partial charge in [0.15, 0.2) is 0 Å². The smallest absolute Gasteiger partial charge is 0.232 e. The van der Waals surface area contributed by atoms with Gasteiger partial charge in [-0.05, 0) is 25.8 Å². The first-order chi connectivity index (χ1) is 12.3. The highest BCUT2D eigenvalue weighted by atomic mass is 35.5. The van der Waals surface area contributed by atoms with Gasteiger partial charge in [-0.3, -0.25) is 15.4 Å². The zero-order valence-corrected chi connectivity index (χ0v) is 15.7. The van der Waals surface area contributed by atoms with E-state index in [2.05, 4.69) is 9.97 Å². The normalized spacial score (nSPS) is 16.5. The third-order valence-corrected chi connectivity index (χ3v) is 5.89. The molecule has 2 aromatic heterocycles. The van der Waals surface area contributed by atoms with Gasteiger partial charge in [-0.15, -0.1) is 0 Å². The average molecular weight is 396 g/mol. The van der Waals surface area contributed by atoms with Crippen LogP contribution in [0.1, 0.15) is 19.8 Å². The van der Waals surface area contributed by atoms with E-state index in [4.69, 9.17) is 28.2 Å². The summed E-state index contributed by atoms with van der Waals surface area (Å²) in [5.74, 6) is -0.234. The quantitative estimate of drug-likeness (QED) is 0.418. The Hall–Kier alpha value is -1.97. The van der Waals surface area contributed by atoms with E-state index >= 15 is 0 Å². The van der Waals surface area contributed by atoms with Gasteiger partial charge in [-0.1, -0.05) is 23.4 Å². The third-order valence-electron chi connectivity index (χ3n) is 4.34. The Balaban J connectivity index is 1.92. The van der Waals surface area contributed by atoms with E-state index in [1.54, 1.807) is 12.3 Å². The summed E-state index contributed by atoms with van der Waals surface area (Å²) in [7, 11) is 0. The van der Waals surface area contributed by atoms with Crippen molar-refractivity contribution in [3.63, 3.8) is 0 Å². The summed E-state index contributed by atoms with van der Waals surface area (Å²) in [6.07, 6.45) is 5.54. The number of pyridine rings is 1. The van der Waals surface area contributed by atoms with E-state index < -0.39 is 5.95 Å². The third kappa shape index (κ3) is 3.74. The summed E-state index contributed by atoms with van der Waals surface area (Å²) in [5, 5.41) is 16.0. The molecule has 0 atom stereocenters. The van der Waals surface area contributed by atoms with Gasteiger partial charge in [0.2, 0.25) is 11.9 Å². The van der Waals surface area contributed by atoms with Crippen LogP contribution in [0.15, 0.2) is 28.3 Å². The van der Waals surface area contributed by atoms with Crippen LogP contribution in [0, 0.1) is 16.8 Å². The minimum atomic E-state index is -0.758. The number of piperidine rings is 1. The van der Waals surface area contributed by atoms with Gasteiger partial charge < -0.3 is 10.6 Å². The van der Waals surface area contributed by atoms with Gasteiger partial charge in [0.25, 0.3) is 0 Å². The molecule has 10 heteroatoms. The van der Waals surface area contributed by atoms with Crippen LogP contribution >= 0.6 is 23.4 Å². The summed E-state index contributed by atoms with van der Waals surface area (Å²) in [5.41, 5.74) is 6.05. The molecule has 0 aromatic carbocycles. The molecule has 0 aliphatic carbocycles. The first kappa shape index (κ1) is 18.8. The van der Waals surface area contributed by atoms with E-state index in [0.29, 0.717) is 28.8 Å². The molecule has 0 amide bonds. The minimum absolute atomic E-state index is 0.0874. The minimum Gasteiger partial charge on any atom is -0.342 e. The number of hydrogen-bond donors (Lipinski definition) is 3. The van der Waals surface area contributed by atoms with Crippen molar-refractivity contribution in [1.82, 2.24) is 14.5 Å². The topological polar surface area (TPSA) is 108 Å². The SMILES string of the molecule is CC1(N)CCN(c2ncc(Sc3ccnc(F)c3Cl)c(=N)n2C=N)CC1. The van der Waals surface area contributed by atoms with Crippen molar-refractivity contribution in [2.75, 3.05) is 18.0 Å². The summed E-state index contributed by atoms with van der Waals surface area (Å²) < 4.78 is 14.9. The standard InChI is InChI=1S/C16H19ClFN7S/c1-16(21)3-6-24(7-4-16)15-23-8-11(14(20)25(15)9-19)26-10-2-5-22-13(18)12(10)17/h2,5,8-9,19-20H,3-4,6-7,21H2,1H3. The maximum absolute atomic E-state index is 13.5. The Morgan fingerprint density at radius 1 is 1.35 bits per heavy atom. The van der Waals surface area contributed by atoms with Crippen LogP contribution in [0.5, 0.6) is 0 Å².